The van der Waals surface area contributed by atoms with Crippen LogP contribution in [0.15, 0.2) is 30.3 Å². The maximum Gasteiger partial charge on any atom is 0.0237 e. The Morgan fingerprint density at radius 1 is 1.29 bits per heavy atom. The van der Waals surface area contributed by atoms with E-state index in [4.69, 9.17) is 0 Å². The van der Waals surface area contributed by atoms with E-state index in [9.17, 15) is 0 Å². The van der Waals surface area contributed by atoms with Crippen LogP contribution in [0.4, 0.5) is 0 Å². The molecule has 0 unspecified atom stereocenters. The van der Waals surface area contributed by atoms with Gasteiger partial charge >= 0.3 is 0 Å². The summed E-state index contributed by atoms with van der Waals surface area (Å²) in [5.41, 5.74) is 2.06. The number of hydrogen-bond donors (Lipinski definition) is 0. The molecule has 1 nitrogen and oxygen atoms in total. The van der Waals surface area contributed by atoms with E-state index in [1.54, 1.807) is 0 Å². The zero-order chi connectivity index (χ0) is 11.9. The van der Waals surface area contributed by atoms with Gasteiger partial charge in [0.25, 0.3) is 0 Å². The number of fused-ring (bicyclic) bond motifs is 1. The minimum absolute atomic E-state index is 0.592. The Morgan fingerprint density at radius 3 is 2.82 bits per heavy atom. The molecule has 17 heavy (non-hydrogen) atoms. The summed E-state index contributed by atoms with van der Waals surface area (Å²) in [6, 6.07) is 11.8. The highest BCUT2D eigenvalue weighted by molar-refractivity contribution is 5.16. The van der Waals surface area contributed by atoms with E-state index in [0.717, 1.165) is 18.5 Å². The summed E-state index contributed by atoms with van der Waals surface area (Å²) >= 11 is 0. The monoisotopic (exact) mass is 229 g/mol. The topological polar surface area (TPSA) is 3.24 Å². The van der Waals surface area contributed by atoms with Gasteiger partial charge in [0, 0.05) is 19.1 Å². The molecule has 1 saturated heterocycles. The van der Waals surface area contributed by atoms with Gasteiger partial charge in [-0.1, -0.05) is 50.6 Å². The fraction of sp³-hybridized carbons (Fsp3) is 0.625. The normalized spacial score (nSPS) is 37.3. The lowest BCUT2D eigenvalue weighted by molar-refractivity contribution is 0.182. The minimum atomic E-state index is 0.592. The third kappa shape index (κ3) is 1.81. The van der Waals surface area contributed by atoms with Crippen LogP contribution >= 0.6 is 0 Å². The Bertz CT molecular complexity index is 386. The molecule has 1 heteroatoms. The van der Waals surface area contributed by atoms with Crippen molar-refractivity contribution < 1.29 is 0 Å². The lowest BCUT2D eigenvalue weighted by Gasteiger charge is -2.30. The van der Waals surface area contributed by atoms with E-state index >= 15 is 0 Å². The summed E-state index contributed by atoms with van der Waals surface area (Å²) in [6.45, 7) is 7.39. The van der Waals surface area contributed by atoms with Crippen molar-refractivity contribution in [1.29, 1.82) is 0 Å². The maximum absolute atomic E-state index is 2.73. The number of rotatable bonds is 2. The van der Waals surface area contributed by atoms with Crippen LogP contribution in [0.3, 0.4) is 0 Å². The van der Waals surface area contributed by atoms with Crippen LogP contribution in [-0.2, 0) is 6.54 Å². The second-order valence-electron chi connectivity index (χ2n) is 6.23. The Morgan fingerprint density at radius 2 is 2.06 bits per heavy atom. The molecule has 1 aromatic carbocycles. The van der Waals surface area contributed by atoms with Crippen molar-refractivity contribution in [3.63, 3.8) is 0 Å². The molecule has 3 rings (SSSR count). The van der Waals surface area contributed by atoms with Crippen molar-refractivity contribution in [2.45, 2.75) is 45.7 Å². The highest BCUT2D eigenvalue weighted by atomic mass is 15.2. The van der Waals surface area contributed by atoms with Gasteiger partial charge in [0.15, 0.2) is 0 Å². The van der Waals surface area contributed by atoms with Gasteiger partial charge in [0.1, 0.15) is 0 Å². The summed E-state index contributed by atoms with van der Waals surface area (Å²) < 4.78 is 0. The molecule has 1 aliphatic carbocycles. The maximum atomic E-state index is 2.73. The highest BCUT2D eigenvalue weighted by Crippen LogP contribution is 2.51. The molecule has 0 N–H and O–H groups in total. The van der Waals surface area contributed by atoms with Gasteiger partial charge in [-0.25, -0.2) is 0 Å². The van der Waals surface area contributed by atoms with Gasteiger partial charge in [-0.15, -0.1) is 0 Å². The fourth-order valence-corrected chi connectivity index (χ4v) is 4.03. The first-order chi connectivity index (χ1) is 8.20. The molecular weight excluding hydrogens is 206 g/mol. The molecule has 1 heterocycles. The Hall–Kier alpha value is -0.820. The Kier molecular flexibility index (Phi) is 2.74. The van der Waals surface area contributed by atoms with Gasteiger partial charge in [0.2, 0.25) is 0 Å². The first-order valence-corrected chi connectivity index (χ1v) is 6.98. The first-order valence-electron chi connectivity index (χ1n) is 6.98. The average molecular weight is 229 g/mol. The predicted molar refractivity (Wildman–Crippen MR) is 71.8 cm³/mol. The van der Waals surface area contributed by atoms with Crippen LogP contribution in [-0.4, -0.2) is 17.5 Å². The van der Waals surface area contributed by atoms with E-state index in [1.165, 1.54) is 31.4 Å². The second-order valence-corrected chi connectivity index (χ2v) is 6.23. The molecule has 0 spiro atoms. The van der Waals surface area contributed by atoms with Crippen LogP contribution in [0.2, 0.25) is 0 Å². The van der Waals surface area contributed by atoms with Crippen LogP contribution in [0.25, 0.3) is 0 Å². The molecule has 0 amide bonds. The van der Waals surface area contributed by atoms with Gasteiger partial charge in [-0.2, -0.15) is 0 Å². The van der Waals surface area contributed by atoms with E-state index in [1.807, 2.05) is 0 Å². The largest absolute Gasteiger partial charge is 0.295 e. The van der Waals surface area contributed by atoms with Crippen molar-refractivity contribution in [2.24, 2.45) is 11.3 Å². The highest BCUT2D eigenvalue weighted by Gasteiger charge is 2.50. The minimum Gasteiger partial charge on any atom is -0.295 e. The van der Waals surface area contributed by atoms with Crippen molar-refractivity contribution >= 4 is 0 Å². The molecule has 2 aliphatic rings. The quantitative estimate of drug-likeness (QED) is 0.747. The Balaban J connectivity index is 1.77. The predicted octanol–water partition coefficient (Wildman–Crippen LogP) is 3.70. The average Bonchev–Trinajstić information content (AvgIpc) is 2.81. The number of likely N-dealkylation sites (tertiary alicyclic amines) is 1. The van der Waals surface area contributed by atoms with E-state index in [-0.39, 0.29) is 0 Å². The van der Waals surface area contributed by atoms with Crippen LogP contribution < -0.4 is 0 Å². The smallest absolute Gasteiger partial charge is 0.0237 e. The van der Waals surface area contributed by atoms with E-state index in [2.05, 4.69) is 49.1 Å². The van der Waals surface area contributed by atoms with Gasteiger partial charge in [-0.3, -0.25) is 4.90 Å². The van der Waals surface area contributed by atoms with Crippen LogP contribution in [0.1, 0.15) is 38.7 Å². The summed E-state index contributed by atoms with van der Waals surface area (Å²) in [6.07, 6.45) is 4.27. The molecular formula is C16H23N. The first kappa shape index (κ1) is 11.3. The number of hydrogen-bond acceptors (Lipinski definition) is 1. The molecule has 0 radical (unpaired) electrons. The molecule has 0 aromatic heterocycles. The molecule has 0 bridgehead atoms. The third-order valence-electron chi connectivity index (χ3n) is 5.26. The van der Waals surface area contributed by atoms with Gasteiger partial charge < -0.3 is 0 Å². The zero-order valence-corrected chi connectivity index (χ0v) is 11.0. The van der Waals surface area contributed by atoms with E-state index < -0.39 is 0 Å². The summed E-state index contributed by atoms with van der Waals surface area (Å²) in [5.74, 6) is 0.860. The van der Waals surface area contributed by atoms with Crippen LogP contribution in [0, 0.1) is 11.3 Å². The summed E-state index contributed by atoms with van der Waals surface area (Å²) in [5, 5.41) is 0. The van der Waals surface area contributed by atoms with Crippen molar-refractivity contribution in [3.05, 3.63) is 35.9 Å². The fourth-order valence-electron chi connectivity index (χ4n) is 4.03. The second kappa shape index (κ2) is 4.13. The van der Waals surface area contributed by atoms with Crippen LogP contribution in [0.5, 0.6) is 0 Å². The van der Waals surface area contributed by atoms with Crippen molar-refractivity contribution in [1.82, 2.24) is 4.90 Å². The van der Waals surface area contributed by atoms with Crippen molar-refractivity contribution in [2.75, 3.05) is 6.54 Å². The molecule has 1 saturated carbocycles. The Labute approximate surface area is 105 Å². The SMILES string of the molecule is C[C@@H]1CN(Cc2ccccc2)[C@@H]2CCC[C@]12C. The standard InChI is InChI=1S/C16H23N/c1-13-11-17(12-14-7-4-3-5-8-14)15-9-6-10-16(13,15)2/h3-5,7-8,13,15H,6,9-12H2,1-2H3/t13-,15-,16-/m1/s1. The van der Waals surface area contributed by atoms with E-state index in [0.29, 0.717) is 5.41 Å². The lowest BCUT2D eigenvalue weighted by atomic mass is 9.77. The molecule has 92 valence electrons. The molecule has 2 fully saturated rings. The zero-order valence-electron chi connectivity index (χ0n) is 11.0. The van der Waals surface area contributed by atoms with Gasteiger partial charge in [-0.05, 0) is 29.7 Å². The van der Waals surface area contributed by atoms with Gasteiger partial charge in [0.05, 0.1) is 0 Å². The summed E-state index contributed by atoms with van der Waals surface area (Å²) in [4.78, 5) is 2.73. The molecule has 3 atom stereocenters. The molecule has 1 aliphatic heterocycles. The number of benzene rings is 1. The molecule has 1 aromatic rings. The number of nitrogens with zero attached hydrogens (tertiary/aromatic N) is 1. The summed E-state index contributed by atoms with van der Waals surface area (Å²) in [7, 11) is 0. The third-order valence-corrected chi connectivity index (χ3v) is 5.26. The van der Waals surface area contributed by atoms with Crippen molar-refractivity contribution in [3.8, 4) is 0 Å². The lowest BCUT2D eigenvalue weighted by Crippen LogP contribution is -2.34.